The van der Waals surface area contributed by atoms with Gasteiger partial charge < -0.3 is 9.84 Å². The Bertz CT molecular complexity index is 506. The number of nitrogens with zero attached hydrogens (tertiary/aromatic N) is 2. The van der Waals surface area contributed by atoms with Crippen LogP contribution in [-0.2, 0) is 11.3 Å². The summed E-state index contributed by atoms with van der Waals surface area (Å²) >= 11 is 0. The number of phenols is 1. The fourth-order valence-electron chi connectivity index (χ4n) is 1.61. The molecule has 0 spiro atoms. The first-order valence-electron chi connectivity index (χ1n) is 5.52. The van der Waals surface area contributed by atoms with Crippen molar-refractivity contribution in [3.8, 4) is 16.9 Å². The highest BCUT2D eigenvalue weighted by molar-refractivity contribution is 5.64. The third-order valence-corrected chi connectivity index (χ3v) is 2.70. The van der Waals surface area contributed by atoms with E-state index in [1.165, 1.54) is 0 Å². The molecule has 0 amide bonds. The first-order valence-corrected chi connectivity index (χ1v) is 5.52. The monoisotopic (exact) mass is 232 g/mol. The third kappa shape index (κ3) is 2.65. The number of phenolic OH excluding ortho intramolecular Hbond substituents is 1. The first kappa shape index (κ1) is 11.7. The van der Waals surface area contributed by atoms with Gasteiger partial charge in [-0.2, -0.15) is 5.10 Å². The Hall–Kier alpha value is -1.81. The van der Waals surface area contributed by atoms with Crippen molar-refractivity contribution in [2.75, 3.05) is 13.7 Å². The summed E-state index contributed by atoms with van der Waals surface area (Å²) in [5, 5.41) is 13.9. The van der Waals surface area contributed by atoms with Gasteiger partial charge in [0.2, 0.25) is 0 Å². The van der Waals surface area contributed by atoms with E-state index in [4.69, 9.17) is 4.74 Å². The molecule has 4 nitrogen and oxygen atoms in total. The first-order chi connectivity index (χ1) is 8.20. The van der Waals surface area contributed by atoms with E-state index in [2.05, 4.69) is 5.10 Å². The van der Waals surface area contributed by atoms with Gasteiger partial charge in [0.15, 0.2) is 0 Å². The van der Waals surface area contributed by atoms with Crippen LogP contribution in [0.2, 0.25) is 0 Å². The van der Waals surface area contributed by atoms with Gasteiger partial charge in [0.1, 0.15) is 5.75 Å². The van der Waals surface area contributed by atoms with Crippen molar-refractivity contribution >= 4 is 0 Å². The molecule has 1 N–H and O–H groups in total. The summed E-state index contributed by atoms with van der Waals surface area (Å²) in [6, 6.07) is 5.64. The maximum Gasteiger partial charge on any atom is 0.119 e. The second-order valence-electron chi connectivity index (χ2n) is 3.99. The Morgan fingerprint density at radius 1 is 1.35 bits per heavy atom. The molecule has 0 atom stereocenters. The molecule has 0 unspecified atom stereocenters. The standard InChI is InChI=1S/C13H16N2O2/c1-10-3-4-11(7-13(10)16)12-8-14-15(9-12)5-6-17-2/h3-4,7-9,16H,5-6H2,1-2H3. The Kier molecular flexibility index (Phi) is 3.44. The highest BCUT2D eigenvalue weighted by atomic mass is 16.5. The fourth-order valence-corrected chi connectivity index (χ4v) is 1.61. The molecule has 0 aliphatic rings. The third-order valence-electron chi connectivity index (χ3n) is 2.70. The van der Waals surface area contributed by atoms with Crippen molar-refractivity contribution in [3.63, 3.8) is 0 Å². The van der Waals surface area contributed by atoms with Crippen molar-refractivity contribution in [1.82, 2.24) is 9.78 Å². The summed E-state index contributed by atoms with van der Waals surface area (Å²) < 4.78 is 6.82. The van der Waals surface area contributed by atoms with Gasteiger partial charge in [0.05, 0.1) is 19.3 Å². The topological polar surface area (TPSA) is 47.3 Å². The zero-order chi connectivity index (χ0) is 12.3. The lowest BCUT2D eigenvalue weighted by Crippen LogP contribution is -2.03. The molecule has 90 valence electrons. The van der Waals surface area contributed by atoms with Gasteiger partial charge in [-0.15, -0.1) is 0 Å². The summed E-state index contributed by atoms with van der Waals surface area (Å²) in [5.41, 5.74) is 2.84. The smallest absolute Gasteiger partial charge is 0.119 e. The maximum absolute atomic E-state index is 9.66. The predicted octanol–water partition coefficient (Wildman–Crippen LogP) is 2.21. The summed E-state index contributed by atoms with van der Waals surface area (Å²) in [4.78, 5) is 0. The Morgan fingerprint density at radius 3 is 2.88 bits per heavy atom. The van der Waals surface area contributed by atoms with Crippen molar-refractivity contribution in [1.29, 1.82) is 0 Å². The molecule has 0 fully saturated rings. The highest BCUT2D eigenvalue weighted by Crippen LogP contribution is 2.25. The molecular formula is C13H16N2O2. The second kappa shape index (κ2) is 5.01. The number of benzene rings is 1. The fraction of sp³-hybridized carbons (Fsp3) is 0.308. The molecule has 1 aromatic heterocycles. The van der Waals surface area contributed by atoms with E-state index in [-0.39, 0.29) is 0 Å². The number of ether oxygens (including phenoxy) is 1. The zero-order valence-corrected chi connectivity index (χ0v) is 10.1. The van der Waals surface area contributed by atoms with E-state index in [0.29, 0.717) is 12.4 Å². The predicted molar refractivity (Wildman–Crippen MR) is 65.9 cm³/mol. The van der Waals surface area contributed by atoms with Gasteiger partial charge in [-0.25, -0.2) is 0 Å². The van der Waals surface area contributed by atoms with Crippen molar-refractivity contribution in [3.05, 3.63) is 36.2 Å². The minimum absolute atomic E-state index is 0.312. The van der Waals surface area contributed by atoms with Gasteiger partial charge >= 0.3 is 0 Å². The van der Waals surface area contributed by atoms with Crippen LogP contribution in [0.15, 0.2) is 30.6 Å². The van der Waals surface area contributed by atoms with Crippen LogP contribution in [0.25, 0.3) is 11.1 Å². The number of aromatic nitrogens is 2. The molecular weight excluding hydrogens is 216 g/mol. The minimum Gasteiger partial charge on any atom is -0.508 e. The lowest BCUT2D eigenvalue weighted by Gasteiger charge is -2.02. The SMILES string of the molecule is COCCn1cc(-c2ccc(C)c(O)c2)cn1. The zero-order valence-electron chi connectivity index (χ0n) is 10.1. The van der Waals surface area contributed by atoms with Gasteiger partial charge in [-0.3, -0.25) is 4.68 Å². The van der Waals surface area contributed by atoms with Crippen LogP contribution in [0.3, 0.4) is 0 Å². The van der Waals surface area contributed by atoms with E-state index in [1.54, 1.807) is 19.4 Å². The number of aromatic hydroxyl groups is 1. The van der Waals surface area contributed by atoms with E-state index >= 15 is 0 Å². The number of hydrogen-bond donors (Lipinski definition) is 1. The van der Waals surface area contributed by atoms with Gasteiger partial charge in [-0.1, -0.05) is 12.1 Å². The molecule has 0 saturated heterocycles. The van der Waals surface area contributed by atoms with Crippen molar-refractivity contribution < 1.29 is 9.84 Å². The van der Waals surface area contributed by atoms with Crippen LogP contribution in [-0.4, -0.2) is 28.6 Å². The van der Waals surface area contributed by atoms with Crippen molar-refractivity contribution in [2.24, 2.45) is 0 Å². The normalized spacial score (nSPS) is 10.7. The van der Waals surface area contributed by atoms with Crippen LogP contribution < -0.4 is 0 Å². The van der Waals surface area contributed by atoms with E-state index in [9.17, 15) is 5.11 Å². The van der Waals surface area contributed by atoms with E-state index in [1.807, 2.05) is 29.9 Å². The van der Waals surface area contributed by atoms with Gasteiger partial charge in [-0.05, 0) is 24.1 Å². The molecule has 2 rings (SSSR count). The summed E-state index contributed by atoms with van der Waals surface area (Å²) in [6.07, 6.45) is 3.74. The largest absolute Gasteiger partial charge is 0.508 e. The lowest BCUT2D eigenvalue weighted by molar-refractivity contribution is 0.183. The average molecular weight is 232 g/mol. The number of methoxy groups -OCH3 is 1. The summed E-state index contributed by atoms with van der Waals surface area (Å²) in [7, 11) is 1.67. The lowest BCUT2D eigenvalue weighted by atomic mass is 10.1. The number of aryl methyl sites for hydroxylation is 1. The van der Waals surface area contributed by atoms with Crippen LogP contribution in [0, 0.1) is 6.92 Å². The van der Waals surface area contributed by atoms with Crippen LogP contribution in [0.4, 0.5) is 0 Å². The number of hydrogen-bond acceptors (Lipinski definition) is 3. The Labute approximate surface area is 100 Å². The molecule has 0 aliphatic heterocycles. The molecule has 1 heterocycles. The molecule has 4 heteroatoms. The second-order valence-corrected chi connectivity index (χ2v) is 3.99. The number of rotatable bonds is 4. The van der Waals surface area contributed by atoms with Crippen molar-refractivity contribution in [2.45, 2.75) is 13.5 Å². The molecule has 2 aromatic rings. The molecule has 0 aliphatic carbocycles. The minimum atomic E-state index is 0.312. The van der Waals surface area contributed by atoms with Gasteiger partial charge in [0.25, 0.3) is 0 Å². The van der Waals surface area contributed by atoms with Crippen LogP contribution in [0.5, 0.6) is 5.75 Å². The van der Waals surface area contributed by atoms with E-state index in [0.717, 1.165) is 23.2 Å². The Balaban J connectivity index is 2.21. The van der Waals surface area contributed by atoms with E-state index < -0.39 is 0 Å². The molecule has 17 heavy (non-hydrogen) atoms. The summed E-state index contributed by atoms with van der Waals surface area (Å²) in [5.74, 6) is 0.312. The molecule has 0 saturated carbocycles. The molecule has 1 aromatic carbocycles. The van der Waals surface area contributed by atoms with Crippen LogP contribution in [0.1, 0.15) is 5.56 Å². The highest BCUT2D eigenvalue weighted by Gasteiger charge is 2.04. The Morgan fingerprint density at radius 2 is 2.18 bits per heavy atom. The summed E-state index contributed by atoms with van der Waals surface area (Å²) in [6.45, 7) is 3.25. The average Bonchev–Trinajstić information content (AvgIpc) is 2.79. The molecule has 0 radical (unpaired) electrons. The molecule has 0 bridgehead atoms. The van der Waals surface area contributed by atoms with Gasteiger partial charge in [0, 0.05) is 18.9 Å². The maximum atomic E-state index is 9.66. The quantitative estimate of drug-likeness (QED) is 0.879. The van der Waals surface area contributed by atoms with Crippen LogP contribution >= 0.6 is 0 Å².